The normalized spacial score (nSPS) is 19.3. The highest BCUT2D eigenvalue weighted by Crippen LogP contribution is 2.43. The molecule has 0 bridgehead atoms. The fraction of sp³-hybridized carbons (Fsp3) is 0.500. The molecule has 1 amide bonds. The molecule has 21 heavy (non-hydrogen) atoms. The summed E-state index contributed by atoms with van der Waals surface area (Å²) in [5.74, 6) is -0.276. The molecule has 1 aliphatic carbocycles. The molecule has 7 heteroatoms. The Hall–Kier alpha value is -1.40. The molecule has 4 nitrogen and oxygen atoms in total. The summed E-state index contributed by atoms with van der Waals surface area (Å²) in [5, 5.41) is 3.28. The number of para-hydroxylation sites is 1. The highest BCUT2D eigenvalue weighted by Gasteiger charge is 2.51. The molecule has 0 atom stereocenters. The van der Waals surface area contributed by atoms with Crippen LogP contribution in [0.15, 0.2) is 24.3 Å². The number of hydrogen-bond acceptors (Lipinski definition) is 3. The predicted molar refractivity (Wildman–Crippen MR) is 76.2 cm³/mol. The zero-order valence-electron chi connectivity index (χ0n) is 11.4. The molecule has 2 fully saturated rings. The lowest BCUT2D eigenvalue weighted by Crippen LogP contribution is -2.55. The summed E-state index contributed by atoms with van der Waals surface area (Å²) >= 11 is 0. The second-order valence-electron chi connectivity index (χ2n) is 5.23. The van der Waals surface area contributed by atoms with Crippen LogP contribution in [0.1, 0.15) is 23.2 Å². The second kappa shape index (κ2) is 6.15. The third-order valence-electron chi connectivity index (χ3n) is 3.94. The molecule has 1 aromatic rings. The summed E-state index contributed by atoms with van der Waals surface area (Å²) < 4.78 is 29.3. The average molecular weight is 319 g/mol. The second-order valence-corrected chi connectivity index (χ2v) is 5.23. The van der Waals surface area contributed by atoms with Crippen molar-refractivity contribution in [1.82, 2.24) is 10.2 Å². The number of piperazine rings is 1. The molecule has 1 saturated heterocycles. The summed E-state index contributed by atoms with van der Waals surface area (Å²) in [6.45, 7) is -0.828. The number of benzene rings is 1. The van der Waals surface area contributed by atoms with Crippen LogP contribution in [0.4, 0.5) is 8.78 Å². The van der Waals surface area contributed by atoms with Crippen LogP contribution >= 0.6 is 12.4 Å². The van der Waals surface area contributed by atoms with Crippen molar-refractivity contribution in [3.63, 3.8) is 0 Å². The van der Waals surface area contributed by atoms with Gasteiger partial charge in [0.05, 0.1) is 11.1 Å². The minimum absolute atomic E-state index is 0. The third kappa shape index (κ3) is 3.11. The highest BCUT2D eigenvalue weighted by atomic mass is 35.5. The van der Waals surface area contributed by atoms with E-state index in [4.69, 9.17) is 0 Å². The van der Waals surface area contributed by atoms with Gasteiger partial charge in [-0.15, -0.1) is 12.4 Å². The van der Waals surface area contributed by atoms with Crippen molar-refractivity contribution in [2.75, 3.05) is 19.6 Å². The molecule has 1 N–H and O–H groups in total. The van der Waals surface area contributed by atoms with Crippen molar-refractivity contribution >= 4 is 18.3 Å². The Morgan fingerprint density at radius 2 is 2.05 bits per heavy atom. The van der Waals surface area contributed by atoms with Gasteiger partial charge >= 0.3 is 6.61 Å². The molecule has 1 heterocycles. The minimum atomic E-state index is -2.93. The molecule has 1 aliphatic heterocycles. The smallest absolute Gasteiger partial charge is 0.387 e. The van der Waals surface area contributed by atoms with Crippen LogP contribution in [0, 0.1) is 0 Å². The number of nitrogens with one attached hydrogen (secondary N) is 1. The van der Waals surface area contributed by atoms with Crippen LogP contribution in [-0.4, -0.2) is 42.6 Å². The van der Waals surface area contributed by atoms with Crippen molar-refractivity contribution in [1.29, 1.82) is 0 Å². The Labute approximate surface area is 127 Å². The van der Waals surface area contributed by atoms with Crippen LogP contribution in [0.5, 0.6) is 5.75 Å². The molecular formula is C14H17ClF2N2O2. The maximum Gasteiger partial charge on any atom is 0.387 e. The van der Waals surface area contributed by atoms with Gasteiger partial charge in [-0.2, -0.15) is 8.78 Å². The molecule has 3 rings (SSSR count). The topological polar surface area (TPSA) is 41.6 Å². The molecule has 1 spiro atoms. The quantitative estimate of drug-likeness (QED) is 0.929. The summed E-state index contributed by atoms with van der Waals surface area (Å²) in [5.41, 5.74) is 0.0915. The van der Waals surface area contributed by atoms with Gasteiger partial charge in [0.2, 0.25) is 0 Å². The molecule has 116 valence electrons. The van der Waals surface area contributed by atoms with Crippen molar-refractivity contribution < 1.29 is 18.3 Å². The zero-order chi connectivity index (χ0) is 14.2. The molecule has 0 unspecified atom stereocenters. The van der Waals surface area contributed by atoms with E-state index in [1.165, 1.54) is 12.1 Å². The molecule has 1 aromatic carbocycles. The third-order valence-corrected chi connectivity index (χ3v) is 3.94. The first-order valence-electron chi connectivity index (χ1n) is 6.69. The highest BCUT2D eigenvalue weighted by molar-refractivity contribution is 5.97. The number of halogens is 3. The number of ether oxygens (including phenoxy) is 1. The Bertz CT molecular complexity index is 523. The lowest BCUT2D eigenvalue weighted by atomic mass is 10.1. The van der Waals surface area contributed by atoms with Crippen LogP contribution in [-0.2, 0) is 0 Å². The van der Waals surface area contributed by atoms with E-state index < -0.39 is 6.61 Å². The molecule has 1 saturated carbocycles. The first-order chi connectivity index (χ1) is 9.62. The zero-order valence-corrected chi connectivity index (χ0v) is 12.2. The van der Waals surface area contributed by atoms with Gasteiger partial charge in [0.25, 0.3) is 5.91 Å². The van der Waals surface area contributed by atoms with E-state index in [1.54, 1.807) is 17.0 Å². The van der Waals surface area contributed by atoms with Crippen LogP contribution < -0.4 is 10.1 Å². The SMILES string of the molecule is Cl.O=C(c1ccccc1OC(F)F)N1CCNCC12CC2. The number of nitrogens with zero attached hydrogens (tertiary/aromatic N) is 1. The van der Waals surface area contributed by atoms with E-state index in [0.29, 0.717) is 6.54 Å². The maximum atomic E-state index is 12.6. The number of carbonyl (C=O) groups excluding carboxylic acids is 1. The number of carbonyl (C=O) groups is 1. The van der Waals surface area contributed by atoms with Gasteiger partial charge in [-0.1, -0.05) is 12.1 Å². The van der Waals surface area contributed by atoms with Gasteiger partial charge in [-0.05, 0) is 25.0 Å². The summed E-state index contributed by atoms with van der Waals surface area (Å²) in [7, 11) is 0. The van der Waals surface area contributed by atoms with Gasteiger partial charge in [0, 0.05) is 19.6 Å². The van der Waals surface area contributed by atoms with Gasteiger partial charge in [-0.3, -0.25) is 4.79 Å². The van der Waals surface area contributed by atoms with Gasteiger partial charge < -0.3 is 15.0 Å². The summed E-state index contributed by atoms with van der Waals surface area (Å²) in [6, 6.07) is 6.19. The fourth-order valence-corrected chi connectivity index (χ4v) is 2.74. The lowest BCUT2D eigenvalue weighted by Gasteiger charge is -2.37. The molecule has 0 radical (unpaired) electrons. The van der Waals surface area contributed by atoms with E-state index in [-0.39, 0.29) is 35.2 Å². The van der Waals surface area contributed by atoms with E-state index >= 15 is 0 Å². The largest absolute Gasteiger partial charge is 0.434 e. The van der Waals surface area contributed by atoms with E-state index in [0.717, 1.165) is 25.9 Å². The summed E-state index contributed by atoms with van der Waals surface area (Å²) in [6.07, 6.45) is 1.92. The molecule has 0 aromatic heterocycles. The van der Waals surface area contributed by atoms with Crippen LogP contribution in [0.2, 0.25) is 0 Å². The first-order valence-corrected chi connectivity index (χ1v) is 6.69. The maximum absolute atomic E-state index is 12.6. The van der Waals surface area contributed by atoms with E-state index in [1.807, 2.05) is 0 Å². The summed E-state index contributed by atoms with van der Waals surface area (Å²) in [4.78, 5) is 14.4. The Balaban J connectivity index is 0.00000161. The molecular weight excluding hydrogens is 302 g/mol. The predicted octanol–water partition coefficient (Wildman–Crippen LogP) is 2.29. The van der Waals surface area contributed by atoms with Gasteiger partial charge in [-0.25, -0.2) is 0 Å². The van der Waals surface area contributed by atoms with Crippen molar-refractivity contribution in [3.05, 3.63) is 29.8 Å². The van der Waals surface area contributed by atoms with Crippen LogP contribution in [0.25, 0.3) is 0 Å². The number of alkyl halides is 2. The molecule has 2 aliphatic rings. The average Bonchev–Trinajstić information content (AvgIpc) is 3.19. The number of rotatable bonds is 3. The standard InChI is InChI=1S/C14H16F2N2O2.ClH/c15-13(16)20-11-4-2-1-3-10(11)12(19)18-8-7-17-9-14(18)5-6-14;/h1-4,13,17H,5-9H2;1H. The van der Waals surface area contributed by atoms with E-state index in [2.05, 4.69) is 10.1 Å². The number of hydrogen-bond donors (Lipinski definition) is 1. The van der Waals surface area contributed by atoms with Crippen LogP contribution in [0.3, 0.4) is 0 Å². The van der Waals surface area contributed by atoms with Crippen molar-refractivity contribution in [3.8, 4) is 5.75 Å². The van der Waals surface area contributed by atoms with Crippen molar-refractivity contribution in [2.24, 2.45) is 0 Å². The van der Waals surface area contributed by atoms with Gasteiger partial charge in [0.15, 0.2) is 0 Å². The number of amides is 1. The van der Waals surface area contributed by atoms with Crippen molar-refractivity contribution in [2.45, 2.75) is 25.0 Å². The minimum Gasteiger partial charge on any atom is -0.434 e. The Morgan fingerprint density at radius 3 is 2.71 bits per heavy atom. The van der Waals surface area contributed by atoms with Gasteiger partial charge in [0.1, 0.15) is 5.75 Å². The lowest BCUT2D eigenvalue weighted by molar-refractivity contribution is -0.0503. The first kappa shape index (κ1) is 16.0. The monoisotopic (exact) mass is 318 g/mol. The Morgan fingerprint density at radius 1 is 1.33 bits per heavy atom. The Kier molecular flexibility index (Phi) is 4.68. The fourth-order valence-electron chi connectivity index (χ4n) is 2.74. The van der Waals surface area contributed by atoms with E-state index in [9.17, 15) is 13.6 Å².